The maximum absolute atomic E-state index is 13.6. The molecule has 120 valence electrons. The number of rotatable bonds is 3. The summed E-state index contributed by atoms with van der Waals surface area (Å²) in [6, 6.07) is 6.85. The second kappa shape index (κ2) is 7.14. The van der Waals surface area contributed by atoms with Gasteiger partial charge in [-0.15, -0.1) is 0 Å². The Balaban J connectivity index is 1.71. The molecule has 0 aliphatic carbocycles. The summed E-state index contributed by atoms with van der Waals surface area (Å²) >= 11 is 7.51. The molecule has 23 heavy (non-hydrogen) atoms. The largest absolute Gasteiger partial charge is 0.338 e. The Hall–Kier alpha value is -1.86. The number of nitrogens with one attached hydrogen (secondary N) is 1. The van der Waals surface area contributed by atoms with Gasteiger partial charge in [0.2, 0.25) is 5.28 Å². The molecule has 2 aromatic rings. The number of carbonyl (C=O) groups excluding carboxylic acids is 1. The monoisotopic (exact) mass is 352 g/mol. The van der Waals surface area contributed by atoms with E-state index in [2.05, 4.69) is 15.3 Å². The van der Waals surface area contributed by atoms with Crippen LogP contribution < -0.4 is 5.32 Å². The van der Waals surface area contributed by atoms with Gasteiger partial charge in [0.25, 0.3) is 5.91 Å². The molecule has 0 spiro atoms. The van der Waals surface area contributed by atoms with Gasteiger partial charge in [-0.1, -0.05) is 0 Å². The predicted molar refractivity (Wildman–Crippen MR) is 90.0 cm³/mol. The maximum atomic E-state index is 13.6. The maximum Gasteiger partial charge on any atom is 0.253 e. The molecule has 1 aromatic carbocycles. The number of hydrogen-bond acceptors (Lipinski definition) is 5. The molecule has 0 bridgehead atoms. The molecule has 2 heterocycles. The fourth-order valence-corrected chi connectivity index (χ4v) is 3.25. The summed E-state index contributed by atoms with van der Waals surface area (Å²) in [6.45, 7) is 1.54. The Labute approximate surface area is 142 Å². The number of amides is 1. The van der Waals surface area contributed by atoms with Crippen LogP contribution >= 0.6 is 23.4 Å². The molecule has 1 fully saturated rings. The molecule has 0 radical (unpaired) electrons. The van der Waals surface area contributed by atoms with Gasteiger partial charge in [0.05, 0.1) is 6.20 Å². The van der Waals surface area contributed by atoms with Crippen molar-refractivity contribution in [3.63, 3.8) is 0 Å². The predicted octanol–water partition coefficient (Wildman–Crippen LogP) is 3.20. The SMILES string of the molecule is O=C(c1ccc(Nc2nc(Cl)ncc2F)cc1)N1CCSCC1. The topological polar surface area (TPSA) is 58.1 Å². The van der Waals surface area contributed by atoms with E-state index in [0.717, 1.165) is 30.8 Å². The van der Waals surface area contributed by atoms with E-state index in [1.54, 1.807) is 24.3 Å². The first-order valence-corrected chi connectivity index (χ1v) is 8.59. The van der Waals surface area contributed by atoms with Crippen LogP contribution in [0, 0.1) is 5.82 Å². The average molecular weight is 353 g/mol. The quantitative estimate of drug-likeness (QED) is 0.860. The molecular formula is C15H14ClFN4OS. The van der Waals surface area contributed by atoms with Crippen molar-refractivity contribution in [2.75, 3.05) is 29.9 Å². The highest BCUT2D eigenvalue weighted by atomic mass is 35.5. The zero-order valence-corrected chi connectivity index (χ0v) is 13.7. The Morgan fingerprint density at radius 2 is 1.96 bits per heavy atom. The third-order valence-corrected chi connectivity index (χ3v) is 4.53. The lowest BCUT2D eigenvalue weighted by Crippen LogP contribution is -2.37. The van der Waals surface area contributed by atoms with Crippen molar-refractivity contribution in [2.45, 2.75) is 0 Å². The van der Waals surface area contributed by atoms with E-state index in [4.69, 9.17) is 11.6 Å². The second-order valence-electron chi connectivity index (χ2n) is 4.94. The Kier molecular flexibility index (Phi) is 4.97. The molecule has 8 heteroatoms. The van der Waals surface area contributed by atoms with Gasteiger partial charge in [-0.25, -0.2) is 9.37 Å². The molecule has 1 amide bonds. The van der Waals surface area contributed by atoms with Crippen LogP contribution in [0.3, 0.4) is 0 Å². The third kappa shape index (κ3) is 3.92. The van der Waals surface area contributed by atoms with Crippen LogP contribution in [0.1, 0.15) is 10.4 Å². The molecule has 0 atom stereocenters. The number of halogens is 2. The van der Waals surface area contributed by atoms with Crippen molar-refractivity contribution < 1.29 is 9.18 Å². The number of anilines is 2. The average Bonchev–Trinajstić information content (AvgIpc) is 2.59. The van der Waals surface area contributed by atoms with E-state index >= 15 is 0 Å². The number of aromatic nitrogens is 2. The Bertz CT molecular complexity index is 707. The van der Waals surface area contributed by atoms with E-state index in [1.807, 2.05) is 16.7 Å². The lowest BCUT2D eigenvalue weighted by atomic mass is 10.1. The number of nitrogens with zero attached hydrogens (tertiary/aromatic N) is 3. The minimum atomic E-state index is -0.597. The normalized spacial score (nSPS) is 14.6. The van der Waals surface area contributed by atoms with Crippen LogP contribution in [0.5, 0.6) is 0 Å². The molecule has 1 aromatic heterocycles. The van der Waals surface area contributed by atoms with Crippen molar-refractivity contribution in [2.24, 2.45) is 0 Å². The highest BCUT2D eigenvalue weighted by molar-refractivity contribution is 7.99. The molecule has 1 N–H and O–H groups in total. The number of carbonyl (C=O) groups is 1. The summed E-state index contributed by atoms with van der Waals surface area (Å²) in [5.74, 6) is 1.36. The zero-order chi connectivity index (χ0) is 16.2. The summed E-state index contributed by atoms with van der Waals surface area (Å²) < 4.78 is 13.6. The first-order valence-electron chi connectivity index (χ1n) is 7.05. The van der Waals surface area contributed by atoms with E-state index < -0.39 is 5.82 Å². The van der Waals surface area contributed by atoms with Gasteiger partial charge in [0.1, 0.15) is 0 Å². The van der Waals surface area contributed by atoms with Crippen molar-refractivity contribution in [3.8, 4) is 0 Å². The van der Waals surface area contributed by atoms with Crippen molar-refractivity contribution >= 4 is 40.8 Å². The van der Waals surface area contributed by atoms with Gasteiger partial charge in [0, 0.05) is 35.8 Å². The van der Waals surface area contributed by atoms with E-state index in [0.29, 0.717) is 11.3 Å². The zero-order valence-electron chi connectivity index (χ0n) is 12.1. The molecule has 5 nitrogen and oxygen atoms in total. The summed E-state index contributed by atoms with van der Waals surface area (Å²) in [7, 11) is 0. The number of benzene rings is 1. The Morgan fingerprint density at radius 1 is 1.26 bits per heavy atom. The van der Waals surface area contributed by atoms with Crippen LogP contribution in [0.4, 0.5) is 15.9 Å². The number of thioether (sulfide) groups is 1. The van der Waals surface area contributed by atoms with Crippen LogP contribution in [0.2, 0.25) is 5.28 Å². The van der Waals surface area contributed by atoms with Gasteiger partial charge in [-0.3, -0.25) is 4.79 Å². The third-order valence-electron chi connectivity index (χ3n) is 3.41. The smallest absolute Gasteiger partial charge is 0.253 e. The summed E-state index contributed by atoms with van der Waals surface area (Å²) in [6.07, 6.45) is 1.00. The lowest BCUT2D eigenvalue weighted by Gasteiger charge is -2.26. The van der Waals surface area contributed by atoms with Crippen molar-refractivity contribution in [1.82, 2.24) is 14.9 Å². The first kappa shape index (κ1) is 16.0. The molecule has 3 rings (SSSR count). The van der Waals surface area contributed by atoms with Gasteiger partial charge in [-0.2, -0.15) is 16.7 Å². The molecule has 1 aliphatic heterocycles. The minimum absolute atomic E-state index is 0.00266. The standard InChI is InChI=1S/C15H14ClFN4OS/c16-15-18-9-12(17)13(20-15)19-11-3-1-10(2-4-11)14(22)21-5-7-23-8-6-21/h1-4,9H,5-8H2,(H,18,19,20). The summed E-state index contributed by atoms with van der Waals surface area (Å²) in [4.78, 5) is 21.6. The lowest BCUT2D eigenvalue weighted by molar-refractivity contribution is 0.0772. The minimum Gasteiger partial charge on any atom is -0.338 e. The first-order chi connectivity index (χ1) is 11.1. The van der Waals surface area contributed by atoms with Crippen LogP contribution in [0.25, 0.3) is 0 Å². The van der Waals surface area contributed by atoms with E-state index in [-0.39, 0.29) is 17.0 Å². The summed E-state index contributed by atoms with van der Waals surface area (Å²) in [5.41, 5.74) is 1.23. The molecular weight excluding hydrogens is 339 g/mol. The highest BCUT2D eigenvalue weighted by Gasteiger charge is 2.18. The molecule has 1 aliphatic rings. The van der Waals surface area contributed by atoms with Gasteiger partial charge < -0.3 is 10.2 Å². The Morgan fingerprint density at radius 3 is 2.65 bits per heavy atom. The fourth-order valence-electron chi connectivity index (χ4n) is 2.22. The number of hydrogen-bond donors (Lipinski definition) is 1. The van der Waals surface area contributed by atoms with Gasteiger partial charge in [-0.05, 0) is 35.9 Å². The van der Waals surface area contributed by atoms with Crippen molar-refractivity contribution in [3.05, 3.63) is 47.1 Å². The van der Waals surface area contributed by atoms with Gasteiger partial charge >= 0.3 is 0 Å². The van der Waals surface area contributed by atoms with Gasteiger partial charge in [0.15, 0.2) is 11.6 Å². The van der Waals surface area contributed by atoms with E-state index in [9.17, 15) is 9.18 Å². The molecule has 1 saturated heterocycles. The fraction of sp³-hybridized carbons (Fsp3) is 0.267. The highest BCUT2D eigenvalue weighted by Crippen LogP contribution is 2.20. The van der Waals surface area contributed by atoms with Crippen LogP contribution in [0.15, 0.2) is 30.5 Å². The van der Waals surface area contributed by atoms with E-state index in [1.165, 1.54) is 0 Å². The molecule has 0 unspecified atom stereocenters. The second-order valence-corrected chi connectivity index (χ2v) is 6.51. The molecule has 0 saturated carbocycles. The van der Waals surface area contributed by atoms with Crippen molar-refractivity contribution in [1.29, 1.82) is 0 Å². The van der Waals surface area contributed by atoms with Crippen LogP contribution in [-0.2, 0) is 0 Å². The summed E-state index contributed by atoms with van der Waals surface area (Å²) in [5, 5.41) is 2.78. The van der Waals surface area contributed by atoms with Crippen LogP contribution in [-0.4, -0.2) is 45.4 Å².